The van der Waals surface area contributed by atoms with Crippen molar-refractivity contribution in [3.05, 3.63) is 29.3 Å². The van der Waals surface area contributed by atoms with E-state index in [4.69, 9.17) is 0 Å². The van der Waals surface area contributed by atoms with Crippen molar-refractivity contribution in [3.8, 4) is 0 Å². The maximum Gasteiger partial charge on any atom is 0.240 e. The van der Waals surface area contributed by atoms with E-state index in [0.717, 1.165) is 24.0 Å². The van der Waals surface area contributed by atoms with E-state index < -0.39 is 10.0 Å². The van der Waals surface area contributed by atoms with Crippen LogP contribution < -0.4 is 4.72 Å². The average Bonchev–Trinajstić information content (AvgIpc) is 2.21. The van der Waals surface area contributed by atoms with E-state index in [0.29, 0.717) is 4.90 Å². The first-order valence-electron chi connectivity index (χ1n) is 5.96. The summed E-state index contributed by atoms with van der Waals surface area (Å²) >= 11 is 0. The lowest BCUT2D eigenvalue weighted by Crippen LogP contribution is -2.32. The molecule has 0 aliphatic carbocycles. The van der Waals surface area contributed by atoms with Gasteiger partial charge in [0.25, 0.3) is 0 Å². The van der Waals surface area contributed by atoms with E-state index in [1.165, 1.54) is 0 Å². The summed E-state index contributed by atoms with van der Waals surface area (Å²) in [5.41, 5.74) is 2.10. The molecule has 0 aliphatic rings. The molecule has 0 saturated carbocycles. The van der Waals surface area contributed by atoms with E-state index >= 15 is 0 Å². The summed E-state index contributed by atoms with van der Waals surface area (Å²) in [6.45, 7) is 7.83. The molecule has 0 radical (unpaired) electrons. The van der Waals surface area contributed by atoms with Gasteiger partial charge in [-0.25, -0.2) is 13.1 Å². The molecule has 0 fully saturated rings. The minimum absolute atomic E-state index is 0.0217. The lowest BCUT2D eigenvalue weighted by Gasteiger charge is -2.14. The van der Waals surface area contributed by atoms with Gasteiger partial charge in [0, 0.05) is 6.04 Å². The van der Waals surface area contributed by atoms with Crippen LogP contribution in [0.5, 0.6) is 0 Å². The molecule has 0 aliphatic heterocycles. The molecular formula is C13H21NO2S. The lowest BCUT2D eigenvalue weighted by molar-refractivity contribution is 0.544. The fraction of sp³-hybridized carbons (Fsp3) is 0.538. The van der Waals surface area contributed by atoms with Gasteiger partial charge < -0.3 is 0 Å². The van der Waals surface area contributed by atoms with Crippen LogP contribution in [0.15, 0.2) is 23.1 Å². The molecule has 0 saturated heterocycles. The quantitative estimate of drug-likeness (QED) is 0.879. The molecule has 1 aromatic rings. The smallest absolute Gasteiger partial charge is 0.208 e. The molecule has 1 N–H and O–H groups in total. The summed E-state index contributed by atoms with van der Waals surface area (Å²) in [6.07, 6.45) is 1.82. The summed E-state index contributed by atoms with van der Waals surface area (Å²) in [6, 6.07) is 5.19. The van der Waals surface area contributed by atoms with Gasteiger partial charge in [0.2, 0.25) is 10.0 Å². The highest BCUT2D eigenvalue weighted by atomic mass is 32.2. The van der Waals surface area contributed by atoms with Crippen LogP contribution >= 0.6 is 0 Å². The predicted molar refractivity (Wildman–Crippen MR) is 70.6 cm³/mol. The van der Waals surface area contributed by atoms with Gasteiger partial charge in [-0.1, -0.05) is 19.4 Å². The van der Waals surface area contributed by atoms with Crippen molar-refractivity contribution in [2.45, 2.75) is 51.5 Å². The van der Waals surface area contributed by atoms with E-state index in [9.17, 15) is 8.42 Å². The van der Waals surface area contributed by atoms with E-state index in [-0.39, 0.29) is 6.04 Å². The second kappa shape index (κ2) is 5.65. The maximum atomic E-state index is 12.1. The fourth-order valence-electron chi connectivity index (χ4n) is 1.71. The SMILES string of the molecule is CCC[C@@H](C)NS(=O)(=O)c1ccc(C)c(C)c1. The van der Waals surface area contributed by atoms with Crippen molar-refractivity contribution < 1.29 is 8.42 Å². The van der Waals surface area contributed by atoms with E-state index in [1.54, 1.807) is 12.1 Å². The molecule has 3 nitrogen and oxygen atoms in total. The Kier molecular flexibility index (Phi) is 4.71. The minimum atomic E-state index is -3.37. The van der Waals surface area contributed by atoms with Crippen LogP contribution in [-0.4, -0.2) is 14.5 Å². The number of nitrogens with one attached hydrogen (secondary N) is 1. The van der Waals surface area contributed by atoms with Gasteiger partial charge in [-0.2, -0.15) is 0 Å². The molecule has 4 heteroatoms. The summed E-state index contributed by atoms with van der Waals surface area (Å²) in [7, 11) is -3.37. The molecule has 0 aromatic heterocycles. The Morgan fingerprint density at radius 3 is 2.41 bits per heavy atom. The zero-order chi connectivity index (χ0) is 13.1. The molecule has 17 heavy (non-hydrogen) atoms. The average molecular weight is 255 g/mol. The first kappa shape index (κ1) is 14.2. The molecular weight excluding hydrogens is 234 g/mol. The van der Waals surface area contributed by atoms with Crippen LogP contribution in [0.3, 0.4) is 0 Å². The molecule has 1 aromatic carbocycles. The Balaban J connectivity index is 2.93. The molecule has 0 amide bonds. The normalized spacial score (nSPS) is 13.6. The highest BCUT2D eigenvalue weighted by molar-refractivity contribution is 7.89. The predicted octanol–water partition coefficient (Wildman–Crippen LogP) is 2.77. The van der Waals surface area contributed by atoms with Gasteiger partial charge in [-0.05, 0) is 50.5 Å². The van der Waals surface area contributed by atoms with Crippen LogP contribution in [0, 0.1) is 13.8 Å². The number of hydrogen-bond acceptors (Lipinski definition) is 2. The number of aryl methyl sites for hydroxylation is 2. The largest absolute Gasteiger partial charge is 0.240 e. The Hall–Kier alpha value is -0.870. The summed E-state index contributed by atoms with van der Waals surface area (Å²) < 4.78 is 26.8. The fourth-order valence-corrected chi connectivity index (χ4v) is 3.07. The second-order valence-corrected chi connectivity index (χ2v) is 6.27. The first-order valence-corrected chi connectivity index (χ1v) is 7.44. The molecule has 1 rings (SSSR count). The Bertz CT molecular complexity index is 480. The molecule has 0 unspecified atom stereocenters. The molecule has 0 spiro atoms. The highest BCUT2D eigenvalue weighted by Gasteiger charge is 2.17. The minimum Gasteiger partial charge on any atom is -0.208 e. The van der Waals surface area contributed by atoms with Gasteiger partial charge in [-0.3, -0.25) is 0 Å². The van der Waals surface area contributed by atoms with Gasteiger partial charge in [0.15, 0.2) is 0 Å². The van der Waals surface area contributed by atoms with Crippen LogP contribution in [0.2, 0.25) is 0 Å². The summed E-state index contributed by atoms with van der Waals surface area (Å²) in [4.78, 5) is 0.351. The Labute approximate surface area is 104 Å². The molecule has 96 valence electrons. The highest BCUT2D eigenvalue weighted by Crippen LogP contribution is 2.15. The monoisotopic (exact) mass is 255 g/mol. The number of rotatable bonds is 5. The van der Waals surface area contributed by atoms with Gasteiger partial charge in [0.1, 0.15) is 0 Å². The summed E-state index contributed by atoms with van der Waals surface area (Å²) in [5.74, 6) is 0. The van der Waals surface area contributed by atoms with Crippen molar-refractivity contribution >= 4 is 10.0 Å². The Morgan fingerprint density at radius 2 is 1.88 bits per heavy atom. The zero-order valence-corrected chi connectivity index (χ0v) is 11.8. The third kappa shape index (κ3) is 3.82. The topological polar surface area (TPSA) is 46.2 Å². The van der Waals surface area contributed by atoms with Crippen LogP contribution in [0.1, 0.15) is 37.8 Å². The third-order valence-corrected chi connectivity index (χ3v) is 4.45. The van der Waals surface area contributed by atoms with Crippen LogP contribution in [-0.2, 0) is 10.0 Å². The van der Waals surface area contributed by atoms with Crippen molar-refractivity contribution in [2.24, 2.45) is 0 Å². The number of sulfonamides is 1. The van der Waals surface area contributed by atoms with E-state index in [1.807, 2.05) is 33.8 Å². The first-order chi connectivity index (χ1) is 7.86. The lowest BCUT2D eigenvalue weighted by atomic mass is 10.1. The van der Waals surface area contributed by atoms with E-state index in [2.05, 4.69) is 4.72 Å². The summed E-state index contributed by atoms with van der Waals surface area (Å²) in [5, 5.41) is 0. The van der Waals surface area contributed by atoms with Crippen molar-refractivity contribution in [1.82, 2.24) is 4.72 Å². The number of benzene rings is 1. The van der Waals surface area contributed by atoms with Gasteiger partial charge in [0.05, 0.1) is 4.90 Å². The van der Waals surface area contributed by atoms with Crippen molar-refractivity contribution in [1.29, 1.82) is 0 Å². The molecule has 0 heterocycles. The van der Waals surface area contributed by atoms with Gasteiger partial charge in [-0.15, -0.1) is 0 Å². The second-order valence-electron chi connectivity index (χ2n) is 4.56. The standard InChI is InChI=1S/C13H21NO2S/c1-5-6-12(4)14-17(15,16)13-8-7-10(2)11(3)9-13/h7-9,12,14H,5-6H2,1-4H3/t12-/m1/s1. The number of hydrogen-bond donors (Lipinski definition) is 1. The Morgan fingerprint density at radius 1 is 1.24 bits per heavy atom. The molecule has 0 bridgehead atoms. The van der Waals surface area contributed by atoms with Crippen molar-refractivity contribution in [3.63, 3.8) is 0 Å². The molecule has 1 atom stereocenters. The van der Waals surface area contributed by atoms with Gasteiger partial charge >= 0.3 is 0 Å². The zero-order valence-electron chi connectivity index (χ0n) is 10.9. The third-order valence-electron chi connectivity index (χ3n) is 2.87. The van der Waals surface area contributed by atoms with Crippen LogP contribution in [0.25, 0.3) is 0 Å². The maximum absolute atomic E-state index is 12.1. The van der Waals surface area contributed by atoms with Crippen molar-refractivity contribution in [2.75, 3.05) is 0 Å². The van der Waals surface area contributed by atoms with Crippen LogP contribution in [0.4, 0.5) is 0 Å².